The minimum absolute atomic E-state index is 0.0566. The first kappa shape index (κ1) is 22.6. The first-order valence-corrected chi connectivity index (χ1v) is 11.7. The van der Waals surface area contributed by atoms with Crippen LogP contribution in [0.4, 0.5) is 10.6 Å². The van der Waals surface area contributed by atoms with Crippen molar-refractivity contribution in [1.82, 2.24) is 15.5 Å². The standard InChI is InChI=1S/C26H26N4O5/c31-24(27-13-15-6-5-11-16(15)25(32)33)22-12-23(30-29-22)28-26(34)35-14-21-19-9-3-1-7-17(19)18-8-2-4-10-20(18)21/h1-4,7-10,12,15-16,21H,5-6,11,13-14H2,(H,27,31)(H,32,33)(H2,28,29,30,34). The Morgan fingerprint density at radius 2 is 1.71 bits per heavy atom. The lowest BCUT2D eigenvalue weighted by atomic mass is 9.96. The Bertz CT molecular complexity index is 1220. The van der Waals surface area contributed by atoms with E-state index in [0.29, 0.717) is 6.42 Å². The highest BCUT2D eigenvalue weighted by Gasteiger charge is 2.33. The number of H-pyrrole nitrogens is 1. The normalized spacial score (nSPS) is 18.5. The molecule has 0 aliphatic heterocycles. The molecule has 1 heterocycles. The van der Waals surface area contributed by atoms with E-state index in [9.17, 15) is 19.5 Å². The van der Waals surface area contributed by atoms with Crippen LogP contribution in [0.15, 0.2) is 54.6 Å². The molecule has 2 aliphatic rings. The van der Waals surface area contributed by atoms with Crippen molar-refractivity contribution in [3.63, 3.8) is 0 Å². The van der Waals surface area contributed by atoms with Gasteiger partial charge in [0.05, 0.1) is 5.92 Å². The van der Waals surface area contributed by atoms with Crippen LogP contribution in [-0.4, -0.2) is 46.4 Å². The van der Waals surface area contributed by atoms with Crippen molar-refractivity contribution in [2.45, 2.75) is 25.2 Å². The molecule has 2 atom stereocenters. The first-order chi connectivity index (χ1) is 17.0. The molecule has 2 amide bonds. The van der Waals surface area contributed by atoms with E-state index in [1.165, 1.54) is 6.07 Å². The minimum Gasteiger partial charge on any atom is -0.481 e. The Balaban J connectivity index is 1.15. The zero-order valence-corrected chi connectivity index (χ0v) is 19.0. The third-order valence-corrected chi connectivity index (χ3v) is 6.90. The first-order valence-electron chi connectivity index (χ1n) is 11.7. The monoisotopic (exact) mass is 474 g/mol. The highest BCUT2D eigenvalue weighted by Crippen LogP contribution is 2.44. The van der Waals surface area contributed by atoms with E-state index >= 15 is 0 Å². The van der Waals surface area contributed by atoms with Gasteiger partial charge < -0.3 is 15.2 Å². The average Bonchev–Trinajstić information content (AvgIpc) is 3.59. The Labute approximate surface area is 201 Å². The zero-order valence-electron chi connectivity index (χ0n) is 19.0. The number of rotatable bonds is 7. The van der Waals surface area contributed by atoms with E-state index in [-0.39, 0.29) is 36.5 Å². The fourth-order valence-corrected chi connectivity index (χ4v) is 5.17. The summed E-state index contributed by atoms with van der Waals surface area (Å²) in [6.45, 7) is 0.452. The van der Waals surface area contributed by atoms with E-state index in [1.807, 2.05) is 36.4 Å². The molecule has 2 aromatic carbocycles. The third-order valence-electron chi connectivity index (χ3n) is 6.90. The number of ether oxygens (including phenoxy) is 1. The zero-order chi connectivity index (χ0) is 24.4. The fraction of sp³-hybridized carbons (Fsp3) is 0.308. The molecule has 0 radical (unpaired) electrons. The van der Waals surface area contributed by atoms with Crippen LogP contribution in [0, 0.1) is 11.8 Å². The lowest BCUT2D eigenvalue weighted by Crippen LogP contribution is -2.33. The number of aromatic nitrogens is 2. The summed E-state index contributed by atoms with van der Waals surface area (Å²) in [5.74, 6) is -1.64. The maximum atomic E-state index is 12.4. The van der Waals surface area contributed by atoms with Crippen LogP contribution in [0.25, 0.3) is 11.1 Å². The van der Waals surface area contributed by atoms with E-state index in [1.54, 1.807) is 0 Å². The molecule has 9 nitrogen and oxygen atoms in total. The second-order valence-electron chi connectivity index (χ2n) is 8.96. The predicted molar refractivity (Wildman–Crippen MR) is 128 cm³/mol. The van der Waals surface area contributed by atoms with Gasteiger partial charge in [-0.2, -0.15) is 5.10 Å². The summed E-state index contributed by atoms with van der Waals surface area (Å²) in [5, 5.41) is 21.1. The second kappa shape index (κ2) is 9.61. The SMILES string of the molecule is O=C(Nc1cc(C(=O)NCC2CCCC2C(=O)O)[nH]n1)OCC1c2ccccc2-c2ccccc21. The number of aromatic amines is 1. The molecule has 0 bridgehead atoms. The van der Waals surface area contributed by atoms with Crippen molar-refractivity contribution in [3.05, 3.63) is 71.4 Å². The van der Waals surface area contributed by atoms with E-state index in [2.05, 4.69) is 33.0 Å². The molecule has 1 aromatic heterocycles. The Morgan fingerprint density at radius 1 is 1.03 bits per heavy atom. The fourth-order valence-electron chi connectivity index (χ4n) is 5.17. The van der Waals surface area contributed by atoms with Gasteiger partial charge in [0.15, 0.2) is 5.82 Å². The summed E-state index contributed by atoms with van der Waals surface area (Å²) in [6, 6.07) is 17.6. The lowest BCUT2D eigenvalue weighted by molar-refractivity contribution is -0.142. The van der Waals surface area contributed by atoms with E-state index < -0.39 is 23.9 Å². The molecule has 4 N–H and O–H groups in total. The Kier molecular flexibility index (Phi) is 6.22. The Morgan fingerprint density at radius 3 is 2.40 bits per heavy atom. The average molecular weight is 475 g/mol. The van der Waals surface area contributed by atoms with Crippen LogP contribution >= 0.6 is 0 Å². The number of hydrogen-bond acceptors (Lipinski definition) is 5. The summed E-state index contributed by atoms with van der Waals surface area (Å²) < 4.78 is 5.50. The highest BCUT2D eigenvalue weighted by molar-refractivity contribution is 5.94. The highest BCUT2D eigenvalue weighted by atomic mass is 16.5. The van der Waals surface area contributed by atoms with E-state index in [0.717, 1.165) is 35.1 Å². The summed E-state index contributed by atoms with van der Waals surface area (Å²) in [4.78, 5) is 36.2. The van der Waals surface area contributed by atoms with Gasteiger partial charge in [-0.05, 0) is 41.0 Å². The van der Waals surface area contributed by atoms with Crippen LogP contribution in [0.2, 0.25) is 0 Å². The number of carboxylic acids is 1. The number of hydrogen-bond donors (Lipinski definition) is 4. The molecular formula is C26H26N4O5. The molecule has 180 valence electrons. The van der Waals surface area contributed by atoms with Gasteiger partial charge in [-0.1, -0.05) is 55.0 Å². The number of fused-ring (bicyclic) bond motifs is 3. The molecule has 0 spiro atoms. The van der Waals surface area contributed by atoms with Gasteiger partial charge in [-0.25, -0.2) is 4.79 Å². The van der Waals surface area contributed by atoms with Gasteiger partial charge >= 0.3 is 12.1 Å². The van der Waals surface area contributed by atoms with E-state index in [4.69, 9.17) is 4.74 Å². The van der Waals surface area contributed by atoms with Gasteiger partial charge in [-0.3, -0.25) is 20.0 Å². The second-order valence-corrected chi connectivity index (χ2v) is 8.96. The maximum Gasteiger partial charge on any atom is 0.412 e. The van der Waals surface area contributed by atoms with Crippen molar-refractivity contribution in [1.29, 1.82) is 0 Å². The molecule has 1 fully saturated rings. The molecule has 0 saturated heterocycles. The summed E-state index contributed by atoms with van der Waals surface area (Å²) >= 11 is 0. The molecule has 2 aliphatic carbocycles. The summed E-state index contributed by atoms with van der Waals surface area (Å²) in [6.07, 6.45) is 1.58. The molecule has 5 rings (SSSR count). The van der Waals surface area contributed by atoms with Crippen molar-refractivity contribution in [2.24, 2.45) is 11.8 Å². The van der Waals surface area contributed by atoms with Crippen LogP contribution < -0.4 is 10.6 Å². The van der Waals surface area contributed by atoms with Crippen molar-refractivity contribution in [2.75, 3.05) is 18.5 Å². The lowest BCUT2D eigenvalue weighted by Gasteiger charge is -2.15. The number of carbonyl (C=O) groups excluding carboxylic acids is 2. The molecule has 1 saturated carbocycles. The van der Waals surface area contributed by atoms with Gasteiger partial charge in [-0.15, -0.1) is 0 Å². The van der Waals surface area contributed by atoms with Crippen LogP contribution in [0.5, 0.6) is 0 Å². The van der Waals surface area contributed by atoms with Gasteiger partial charge in [0.2, 0.25) is 0 Å². The maximum absolute atomic E-state index is 12.4. The quantitative estimate of drug-likeness (QED) is 0.409. The minimum atomic E-state index is -0.821. The summed E-state index contributed by atoms with van der Waals surface area (Å²) in [5.41, 5.74) is 4.70. The Hall–Kier alpha value is -4.14. The smallest absolute Gasteiger partial charge is 0.412 e. The van der Waals surface area contributed by atoms with Crippen molar-refractivity contribution in [3.8, 4) is 11.1 Å². The summed E-state index contributed by atoms with van der Waals surface area (Å²) in [7, 11) is 0. The number of amides is 2. The molecular weight excluding hydrogens is 448 g/mol. The third kappa shape index (κ3) is 4.62. The van der Waals surface area contributed by atoms with Crippen LogP contribution in [0.1, 0.15) is 46.8 Å². The van der Waals surface area contributed by atoms with Crippen LogP contribution in [-0.2, 0) is 9.53 Å². The number of carboxylic acid groups (broad SMARTS) is 1. The van der Waals surface area contributed by atoms with Crippen molar-refractivity contribution >= 4 is 23.8 Å². The molecule has 9 heteroatoms. The van der Waals surface area contributed by atoms with Gasteiger partial charge in [0.25, 0.3) is 5.91 Å². The largest absolute Gasteiger partial charge is 0.481 e. The molecule has 2 unspecified atom stereocenters. The van der Waals surface area contributed by atoms with Crippen LogP contribution in [0.3, 0.4) is 0 Å². The number of anilines is 1. The van der Waals surface area contributed by atoms with Crippen molar-refractivity contribution < 1.29 is 24.2 Å². The number of aliphatic carboxylic acids is 1. The number of nitrogens with zero attached hydrogens (tertiary/aromatic N) is 1. The number of benzene rings is 2. The molecule has 3 aromatic rings. The van der Waals surface area contributed by atoms with Gasteiger partial charge in [0, 0.05) is 18.5 Å². The predicted octanol–water partition coefficient (Wildman–Crippen LogP) is 4.00. The number of carbonyl (C=O) groups is 3. The number of nitrogens with one attached hydrogen (secondary N) is 3. The molecule has 35 heavy (non-hydrogen) atoms. The van der Waals surface area contributed by atoms with Gasteiger partial charge in [0.1, 0.15) is 12.3 Å². The topological polar surface area (TPSA) is 133 Å².